The maximum absolute atomic E-state index is 4.74. The van der Waals surface area contributed by atoms with Crippen LogP contribution in [-0.2, 0) is 0 Å². The number of aryl methyl sites for hydroxylation is 1. The number of anilines is 2. The molecule has 3 rings (SSSR count). The van der Waals surface area contributed by atoms with Crippen molar-refractivity contribution in [2.45, 2.75) is 27.7 Å². The van der Waals surface area contributed by atoms with E-state index in [0.29, 0.717) is 4.59 Å². The lowest BCUT2D eigenvalue weighted by molar-refractivity contribution is 0.296. The lowest BCUT2D eigenvalue weighted by Gasteiger charge is -2.27. The summed E-state index contributed by atoms with van der Waals surface area (Å²) < 4.78 is 0.493. The predicted molar refractivity (Wildman–Crippen MR) is 124 cm³/mol. The molecular formula is C25H31N4+. The van der Waals surface area contributed by atoms with E-state index >= 15 is 0 Å². The second-order valence-electron chi connectivity index (χ2n) is 7.18. The molecule has 3 aromatic carbocycles. The number of hydrogen-bond donors (Lipinski definition) is 0. The fourth-order valence-corrected chi connectivity index (χ4v) is 3.55. The topological polar surface area (TPSA) is 28.0 Å². The van der Waals surface area contributed by atoms with Gasteiger partial charge in [-0.05, 0) is 64.1 Å². The van der Waals surface area contributed by atoms with Gasteiger partial charge in [0.05, 0.1) is 5.69 Å². The fourth-order valence-electron chi connectivity index (χ4n) is 3.55. The molecule has 0 N–H and O–H groups in total. The van der Waals surface area contributed by atoms with Crippen molar-refractivity contribution in [3.05, 3.63) is 84.4 Å². The number of rotatable bonds is 8. The first kappa shape index (κ1) is 20.7. The monoisotopic (exact) mass is 387 g/mol. The van der Waals surface area contributed by atoms with Gasteiger partial charge in [0.2, 0.25) is 0 Å². The van der Waals surface area contributed by atoms with E-state index in [2.05, 4.69) is 98.4 Å². The summed E-state index contributed by atoms with van der Waals surface area (Å²) in [5, 5.41) is 9.33. The number of nitrogens with zero attached hydrogens (tertiary/aromatic N) is 4. The molecule has 0 radical (unpaired) electrons. The summed E-state index contributed by atoms with van der Waals surface area (Å²) in [6.07, 6.45) is 0. The van der Waals surface area contributed by atoms with Gasteiger partial charge in [0.25, 0.3) is 0 Å². The van der Waals surface area contributed by atoms with E-state index in [1.807, 2.05) is 18.2 Å². The zero-order valence-electron chi connectivity index (χ0n) is 17.9. The van der Waals surface area contributed by atoms with Gasteiger partial charge in [0.15, 0.2) is 5.69 Å². The van der Waals surface area contributed by atoms with Crippen LogP contribution in [0.4, 0.5) is 22.7 Å². The molecule has 0 aliphatic rings. The molecule has 29 heavy (non-hydrogen) atoms. The van der Waals surface area contributed by atoms with Crippen LogP contribution in [0.25, 0.3) is 0 Å². The van der Waals surface area contributed by atoms with Gasteiger partial charge in [-0.25, -0.2) is 0 Å². The molecular weight excluding hydrogens is 356 g/mol. The van der Waals surface area contributed by atoms with Crippen LogP contribution in [0.2, 0.25) is 0 Å². The van der Waals surface area contributed by atoms with Crippen LogP contribution in [0.1, 0.15) is 26.3 Å². The third-order valence-corrected chi connectivity index (χ3v) is 5.44. The molecule has 0 saturated carbocycles. The number of benzene rings is 3. The molecule has 4 heteroatoms. The Balaban J connectivity index is 1.83. The minimum atomic E-state index is 0.493. The number of para-hydroxylation sites is 1. The molecule has 0 aromatic heterocycles. The molecule has 0 atom stereocenters. The van der Waals surface area contributed by atoms with Crippen molar-refractivity contribution in [3.8, 4) is 0 Å². The van der Waals surface area contributed by atoms with Crippen molar-refractivity contribution in [2.24, 2.45) is 10.3 Å². The predicted octanol–water partition coefficient (Wildman–Crippen LogP) is 7.20. The molecule has 0 heterocycles. The third-order valence-electron chi connectivity index (χ3n) is 5.44. The maximum atomic E-state index is 4.74. The molecule has 0 spiro atoms. The van der Waals surface area contributed by atoms with Gasteiger partial charge in [-0.15, -0.1) is 9.71 Å². The van der Waals surface area contributed by atoms with Gasteiger partial charge >= 0.3 is 0 Å². The van der Waals surface area contributed by atoms with E-state index in [1.54, 1.807) is 0 Å². The quantitative estimate of drug-likeness (QED) is 0.228. The SMILES string of the molecule is CCN(c1ccc(C)cc1)c1ccc(N=N[N+](CC)(CC)c2ccccc2)cc1. The lowest BCUT2D eigenvalue weighted by atomic mass is 10.2. The van der Waals surface area contributed by atoms with Gasteiger partial charge in [-0.2, -0.15) is 0 Å². The first-order valence-electron chi connectivity index (χ1n) is 10.4. The van der Waals surface area contributed by atoms with Crippen molar-refractivity contribution in [1.29, 1.82) is 0 Å². The van der Waals surface area contributed by atoms with Crippen molar-refractivity contribution in [3.63, 3.8) is 0 Å². The summed E-state index contributed by atoms with van der Waals surface area (Å²) in [7, 11) is 0. The van der Waals surface area contributed by atoms with Crippen LogP contribution in [-0.4, -0.2) is 19.6 Å². The first-order chi connectivity index (χ1) is 14.1. The molecule has 150 valence electrons. The highest BCUT2D eigenvalue weighted by Crippen LogP contribution is 2.29. The van der Waals surface area contributed by atoms with E-state index in [1.165, 1.54) is 11.3 Å². The maximum Gasteiger partial charge on any atom is 0.160 e. The van der Waals surface area contributed by atoms with Crippen LogP contribution < -0.4 is 9.49 Å². The highest BCUT2D eigenvalue weighted by atomic mass is 15.7. The zero-order chi connectivity index (χ0) is 20.7. The fraction of sp³-hybridized carbons (Fsp3) is 0.280. The zero-order valence-corrected chi connectivity index (χ0v) is 17.9. The summed E-state index contributed by atoms with van der Waals surface area (Å²) in [6.45, 7) is 11.2. The van der Waals surface area contributed by atoms with Crippen molar-refractivity contribution in [1.82, 2.24) is 4.59 Å². The Kier molecular flexibility index (Phi) is 6.78. The molecule has 0 saturated heterocycles. The highest BCUT2D eigenvalue weighted by Gasteiger charge is 2.27. The summed E-state index contributed by atoms with van der Waals surface area (Å²) >= 11 is 0. The first-order valence-corrected chi connectivity index (χ1v) is 10.4. The Hall–Kier alpha value is -2.98. The Labute approximate surface area is 174 Å². The van der Waals surface area contributed by atoms with Gasteiger partial charge in [0, 0.05) is 35.3 Å². The smallest absolute Gasteiger partial charge is 0.160 e. The standard InChI is InChI=1S/C25H31N4/c1-5-28(23-17-13-21(4)14-18-23)24-19-15-22(16-20-24)26-27-29(6-2,7-3)25-11-9-8-10-12-25/h8-20H,5-7H2,1-4H3/q+1. The highest BCUT2D eigenvalue weighted by molar-refractivity contribution is 5.65. The van der Waals surface area contributed by atoms with Crippen LogP contribution in [0.15, 0.2) is 89.2 Å². The van der Waals surface area contributed by atoms with Crippen LogP contribution in [0, 0.1) is 6.92 Å². The second kappa shape index (κ2) is 9.48. The van der Waals surface area contributed by atoms with Crippen LogP contribution >= 0.6 is 0 Å². The molecule has 0 aliphatic carbocycles. The molecule has 3 aromatic rings. The van der Waals surface area contributed by atoms with E-state index in [4.69, 9.17) is 5.22 Å². The molecule has 0 aliphatic heterocycles. The minimum absolute atomic E-state index is 0.493. The molecule has 4 nitrogen and oxygen atoms in total. The lowest BCUT2D eigenvalue weighted by Crippen LogP contribution is -2.43. The van der Waals surface area contributed by atoms with Crippen molar-refractivity contribution in [2.75, 3.05) is 24.5 Å². The third kappa shape index (κ3) is 4.72. The normalized spacial score (nSPS) is 11.7. The minimum Gasteiger partial charge on any atom is -0.342 e. The average Bonchev–Trinajstić information content (AvgIpc) is 2.78. The average molecular weight is 388 g/mol. The van der Waals surface area contributed by atoms with Gasteiger partial charge < -0.3 is 4.90 Å². The van der Waals surface area contributed by atoms with E-state index in [9.17, 15) is 0 Å². The van der Waals surface area contributed by atoms with Gasteiger partial charge in [-0.3, -0.25) is 0 Å². The molecule has 0 bridgehead atoms. The molecule has 0 fully saturated rings. The Morgan fingerprint density at radius 3 is 1.79 bits per heavy atom. The Morgan fingerprint density at radius 2 is 1.28 bits per heavy atom. The molecule has 0 unspecified atom stereocenters. The van der Waals surface area contributed by atoms with Crippen LogP contribution in [0.5, 0.6) is 0 Å². The summed E-state index contributed by atoms with van der Waals surface area (Å²) in [5.74, 6) is 0. The number of quaternary nitrogens is 1. The number of hydrogen-bond acceptors (Lipinski definition) is 3. The van der Waals surface area contributed by atoms with Crippen LogP contribution in [0.3, 0.4) is 0 Å². The summed E-state index contributed by atoms with van der Waals surface area (Å²) in [4.78, 5) is 2.29. The Bertz CT molecular complexity index is 911. The van der Waals surface area contributed by atoms with E-state index in [-0.39, 0.29) is 0 Å². The summed E-state index contributed by atoms with van der Waals surface area (Å²) in [6, 6.07) is 27.3. The van der Waals surface area contributed by atoms with Crippen molar-refractivity contribution >= 4 is 22.7 Å². The van der Waals surface area contributed by atoms with Gasteiger partial charge in [0.1, 0.15) is 13.1 Å². The van der Waals surface area contributed by atoms with Crippen molar-refractivity contribution < 1.29 is 0 Å². The summed E-state index contributed by atoms with van der Waals surface area (Å²) in [5.41, 5.74) is 5.66. The van der Waals surface area contributed by atoms with E-state index < -0.39 is 0 Å². The van der Waals surface area contributed by atoms with Gasteiger partial charge in [-0.1, -0.05) is 35.9 Å². The largest absolute Gasteiger partial charge is 0.342 e. The second-order valence-corrected chi connectivity index (χ2v) is 7.18. The van der Waals surface area contributed by atoms with E-state index in [0.717, 1.165) is 36.7 Å². The Morgan fingerprint density at radius 1 is 0.724 bits per heavy atom. The molecule has 0 amide bonds.